The van der Waals surface area contributed by atoms with Gasteiger partial charge >= 0.3 is 0 Å². The van der Waals surface area contributed by atoms with Gasteiger partial charge in [-0.3, -0.25) is 4.79 Å². The van der Waals surface area contributed by atoms with Gasteiger partial charge in [-0.25, -0.2) is 4.98 Å². The van der Waals surface area contributed by atoms with Crippen molar-refractivity contribution >= 4 is 17.1 Å². The quantitative estimate of drug-likeness (QED) is 0.721. The van der Waals surface area contributed by atoms with E-state index in [1.165, 1.54) is 11.3 Å². The Morgan fingerprint density at radius 2 is 2.21 bits per heavy atom. The van der Waals surface area contributed by atoms with Crippen LogP contribution in [-0.2, 0) is 6.54 Å². The van der Waals surface area contributed by atoms with Crippen molar-refractivity contribution in [1.82, 2.24) is 9.55 Å². The molecule has 0 aliphatic heterocycles. The van der Waals surface area contributed by atoms with Crippen LogP contribution in [0.25, 0.3) is 0 Å². The number of Topliss-reactive ketones (excluding diaryl/α,β-unsaturated/α-hetero) is 1. The Bertz CT molecular complexity index is 431. The van der Waals surface area contributed by atoms with Crippen LogP contribution in [0.3, 0.4) is 0 Å². The first-order valence-electron chi connectivity index (χ1n) is 4.31. The van der Waals surface area contributed by atoms with Gasteiger partial charge in [0.1, 0.15) is 0 Å². The van der Waals surface area contributed by atoms with Gasteiger partial charge in [0.2, 0.25) is 0 Å². The van der Waals surface area contributed by atoms with Gasteiger partial charge in [0, 0.05) is 12.4 Å². The van der Waals surface area contributed by atoms with Gasteiger partial charge in [0.15, 0.2) is 5.78 Å². The molecular formula is C10H10N2OS. The number of aromatic nitrogens is 2. The molecule has 2 aromatic rings. The van der Waals surface area contributed by atoms with E-state index in [-0.39, 0.29) is 5.78 Å². The molecule has 0 amide bonds. The molecule has 3 nitrogen and oxygen atoms in total. The number of ketones is 1. The summed E-state index contributed by atoms with van der Waals surface area (Å²) in [4.78, 5) is 16.6. The minimum atomic E-state index is 0.126. The summed E-state index contributed by atoms with van der Waals surface area (Å²) in [5.41, 5.74) is 2.53. The van der Waals surface area contributed by atoms with Gasteiger partial charge in [-0.15, -0.1) is 11.3 Å². The Labute approximate surface area is 86.0 Å². The Morgan fingerprint density at radius 1 is 1.50 bits per heavy atom. The highest BCUT2D eigenvalue weighted by Gasteiger charge is 2.11. The monoisotopic (exact) mass is 206 g/mol. The van der Waals surface area contributed by atoms with E-state index >= 15 is 0 Å². The molecule has 0 bridgehead atoms. The number of carbonyl (C=O) groups excluding carboxylic acids is 1. The molecule has 0 aromatic carbocycles. The molecule has 0 radical (unpaired) electrons. The molecule has 0 aliphatic carbocycles. The summed E-state index contributed by atoms with van der Waals surface area (Å²) in [6.07, 6.45) is 3.77. The lowest BCUT2D eigenvalue weighted by Gasteiger charge is -2.00. The summed E-state index contributed by atoms with van der Waals surface area (Å²) in [5, 5.41) is 0. The highest BCUT2D eigenvalue weighted by molar-refractivity contribution is 7.11. The lowest BCUT2D eigenvalue weighted by molar-refractivity contribution is 0.0975. The van der Waals surface area contributed by atoms with E-state index in [0.717, 1.165) is 10.6 Å². The van der Waals surface area contributed by atoms with Crippen LogP contribution in [0, 0.1) is 6.92 Å². The van der Waals surface area contributed by atoms with E-state index < -0.39 is 0 Å². The highest BCUT2D eigenvalue weighted by Crippen LogP contribution is 2.13. The molecule has 0 fully saturated rings. The van der Waals surface area contributed by atoms with Crippen LogP contribution < -0.4 is 0 Å². The highest BCUT2D eigenvalue weighted by atomic mass is 32.1. The fraction of sp³-hybridized carbons (Fsp3) is 0.200. The first-order chi connectivity index (χ1) is 6.77. The molecule has 0 spiro atoms. The van der Waals surface area contributed by atoms with Gasteiger partial charge in [0.25, 0.3) is 0 Å². The molecule has 0 aliphatic rings. The molecule has 2 heterocycles. The third-order valence-electron chi connectivity index (χ3n) is 1.99. The first-order valence-corrected chi connectivity index (χ1v) is 5.19. The molecular weight excluding hydrogens is 196 g/mol. The van der Waals surface area contributed by atoms with E-state index in [0.29, 0.717) is 6.54 Å². The normalized spacial score (nSPS) is 10.4. The van der Waals surface area contributed by atoms with E-state index in [2.05, 4.69) is 4.98 Å². The molecule has 0 N–H and O–H groups in total. The van der Waals surface area contributed by atoms with Crippen LogP contribution in [-0.4, -0.2) is 15.3 Å². The summed E-state index contributed by atoms with van der Waals surface area (Å²) in [5.74, 6) is 0.126. The van der Waals surface area contributed by atoms with Crippen LogP contribution in [0.2, 0.25) is 0 Å². The number of aryl methyl sites for hydroxylation is 1. The summed E-state index contributed by atoms with van der Waals surface area (Å²) in [7, 11) is 0. The second kappa shape index (κ2) is 3.75. The fourth-order valence-electron chi connectivity index (χ4n) is 1.28. The van der Waals surface area contributed by atoms with Crippen LogP contribution in [0.1, 0.15) is 15.4 Å². The number of thiazole rings is 1. The van der Waals surface area contributed by atoms with Gasteiger partial charge in [0.05, 0.1) is 22.6 Å². The topological polar surface area (TPSA) is 34.9 Å². The van der Waals surface area contributed by atoms with Crippen molar-refractivity contribution in [2.75, 3.05) is 0 Å². The summed E-state index contributed by atoms with van der Waals surface area (Å²) < 4.78 is 1.86. The molecule has 72 valence electrons. The zero-order valence-electron chi connectivity index (χ0n) is 7.80. The maximum Gasteiger partial charge on any atom is 0.194 e. The number of hydrogen-bond acceptors (Lipinski definition) is 3. The van der Waals surface area contributed by atoms with E-state index in [1.807, 2.05) is 36.0 Å². The molecule has 0 atom stereocenters. The number of nitrogens with zero attached hydrogens (tertiary/aromatic N) is 2. The minimum Gasteiger partial charge on any atom is -0.347 e. The Hall–Kier alpha value is -1.42. The molecule has 0 saturated carbocycles. The van der Waals surface area contributed by atoms with Crippen molar-refractivity contribution in [3.05, 3.63) is 40.6 Å². The van der Waals surface area contributed by atoms with Crippen molar-refractivity contribution in [1.29, 1.82) is 0 Å². The summed E-state index contributed by atoms with van der Waals surface area (Å²) in [6, 6.07) is 3.82. The molecule has 14 heavy (non-hydrogen) atoms. The van der Waals surface area contributed by atoms with Crippen LogP contribution in [0.4, 0.5) is 0 Å². The van der Waals surface area contributed by atoms with E-state index in [9.17, 15) is 4.79 Å². The maximum absolute atomic E-state index is 11.7. The SMILES string of the molecule is Cc1ncsc1C(=O)Cn1cccc1. The zero-order chi connectivity index (χ0) is 9.97. The van der Waals surface area contributed by atoms with Crippen molar-refractivity contribution in [2.45, 2.75) is 13.5 Å². The number of carbonyl (C=O) groups is 1. The fourth-order valence-corrected chi connectivity index (χ4v) is 2.02. The summed E-state index contributed by atoms with van der Waals surface area (Å²) in [6.45, 7) is 2.26. The first kappa shape index (κ1) is 9.15. The molecule has 0 unspecified atom stereocenters. The number of rotatable bonds is 3. The second-order valence-electron chi connectivity index (χ2n) is 3.05. The third kappa shape index (κ3) is 1.75. The largest absolute Gasteiger partial charge is 0.347 e. The molecule has 0 saturated heterocycles. The molecule has 2 aromatic heterocycles. The van der Waals surface area contributed by atoms with Crippen LogP contribution >= 0.6 is 11.3 Å². The van der Waals surface area contributed by atoms with Crippen LogP contribution in [0.5, 0.6) is 0 Å². The van der Waals surface area contributed by atoms with Crippen molar-refractivity contribution in [3.63, 3.8) is 0 Å². The average Bonchev–Trinajstić information content (AvgIpc) is 2.75. The molecule has 4 heteroatoms. The zero-order valence-corrected chi connectivity index (χ0v) is 8.62. The van der Waals surface area contributed by atoms with Crippen molar-refractivity contribution in [3.8, 4) is 0 Å². The van der Waals surface area contributed by atoms with Gasteiger partial charge in [-0.2, -0.15) is 0 Å². The van der Waals surface area contributed by atoms with E-state index in [1.54, 1.807) is 5.51 Å². The van der Waals surface area contributed by atoms with Gasteiger partial charge in [-0.05, 0) is 19.1 Å². The Kier molecular flexibility index (Phi) is 2.45. The third-order valence-corrected chi connectivity index (χ3v) is 2.96. The number of hydrogen-bond donors (Lipinski definition) is 0. The Morgan fingerprint density at radius 3 is 2.79 bits per heavy atom. The second-order valence-corrected chi connectivity index (χ2v) is 3.90. The van der Waals surface area contributed by atoms with Crippen molar-refractivity contribution in [2.24, 2.45) is 0 Å². The predicted molar refractivity (Wildman–Crippen MR) is 55.6 cm³/mol. The summed E-state index contributed by atoms with van der Waals surface area (Å²) >= 11 is 1.41. The van der Waals surface area contributed by atoms with Crippen LogP contribution in [0.15, 0.2) is 30.0 Å². The van der Waals surface area contributed by atoms with Gasteiger partial charge < -0.3 is 4.57 Å². The average molecular weight is 206 g/mol. The van der Waals surface area contributed by atoms with Gasteiger partial charge in [-0.1, -0.05) is 0 Å². The van der Waals surface area contributed by atoms with E-state index in [4.69, 9.17) is 0 Å². The maximum atomic E-state index is 11.7. The lowest BCUT2D eigenvalue weighted by atomic mass is 10.3. The lowest BCUT2D eigenvalue weighted by Crippen LogP contribution is -2.08. The standard InChI is InChI=1S/C10H10N2OS/c1-8-10(14-7-11-8)9(13)6-12-4-2-3-5-12/h2-5,7H,6H2,1H3. The van der Waals surface area contributed by atoms with Crippen molar-refractivity contribution < 1.29 is 4.79 Å². The Balaban J connectivity index is 2.14. The minimum absolute atomic E-state index is 0.126. The smallest absolute Gasteiger partial charge is 0.194 e. The predicted octanol–water partition coefficient (Wildman–Crippen LogP) is 2.14. The molecule has 2 rings (SSSR count).